The highest BCUT2D eigenvalue weighted by Crippen LogP contribution is 2.44. The van der Waals surface area contributed by atoms with Crippen molar-refractivity contribution in [2.45, 2.75) is 31.1 Å². The number of aromatic amines is 1. The van der Waals surface area contributed by atoms with Crippen LogP contribution in [0, 0.1) is 23.5 Å². The van der Waals surface area contributed by atoms with Gasteiger partial charge in [0.2, 0.25) is 5.95 Å². The van der Waals surface area contributed by atoms with Crippen molar-refractivity contribution in [3.63, 3.8) is 0 Å². The van der Waals surface area contributed by atoms with E-state index in [1.807, 2.05) is 11.8 Å². The number of H-pyrrole nitrogens is 1. The van der Waals surface area contributed by atoms with Gasteiger partial charge in [0.25, 0.3) is 0 Å². The van der Waals surface area contributed by atoms with E-state index in [9.17, 15) is 8.78 Å². The summed E-state index contributed by atoms with van der Waals surface area (Å²) in [6.07, 6.45) is 0.362. The van der Waals surface area contributed by atoms with Gasteiger partial charge in [0.1, 0.15) is 24.0 Å². The van der Waals surface area contributed by atoms with Gasteiger partial charge < -0.3 is 9.47 Å². The molecule has 1 aromatic heterocycles. The summed E-state index contributed by atoms with van der Waals surface area (Å²) in [6.45, 7) is 3.22. The second-order valence-corrected chi connectivity index (χ2v) is 10.8. The van der Waals surface area contributed by atoms with Crippen molar-refractivity contribution in [1.29, 1.82) is 0 Å². The Hall–Kier alpha value is -2.76. The van der Waals surface area contributed by atoms with Gasteiger partial charge in [0.15, 0.2) is 5.67 Å². The molecule has 2 fully saturated rings. The van der Waals surface area contributed by atoms with E-state index in [1.165, 1.54) is 0 Å². The van der Waals surface area contributed by atoms with Crippen LogP contribution in [0.3, 0.4) is 0 Å². The molecule has 4 heterocycles. The second kappa shape index (κ2) is 9.77. The van der Waals surface area contributed by atoms with Crippen LogP contribution in [0.15, 0.2) is 24.3 Å². The van der Waals surface area contributed by atoms with Crippen molar-refractivity contribution in [2.75, 3.05) is 52.7 Å². The number of nitrogens with zero attached hydrogens (tertiary/aromatic N) is 3. The minimum atomic E-state index is -1.64. The highest BCUT2D eigenvalue weighted by atomic mass is 19.2. The van der Waals surface area contributed by atoms with Gasteiger partial charge in [-0.1, -0.05) is 6.07 Å². The average Bonchev–Trinajstić information content (AvgIpc) is 3.22. The summed E-state index contributed by atoms with van der Waals surface area (Å²) in [5.74, 6) is -2.27. The summed E-state index contributed by atoms with van der Waals surface area (Å²) in [5, 5.41) is 6.59. The van der Waals surface area contributed by atoms with Crippen molar-refractivity contribution in [3.8, 4) is 5.75 Å². The van der Waals surface area contributed by atoms with Crippen LogP contribution in [0.5, 0.6) is 5.75 Å². The molecule has 0 spiro atoms. The molecule has 0 bridgehead atoms. The molecule has 3 aliphatic heterocycles. The quantitative estimate of drug-likeness (QED) is 0.435. The summed E-state index contributed by atoms with van der Waals surface area (Å²) in [7, 11) is 0. The third kappa shape index (κ3) is 4.44. The van der Waals surface area contributed by atoms with Gasteiger partial charge >= 0.3 is 0 Å². The molecule has 2 aromatic carbocycles. The summed E-state index contributed by atoms with van der Waals surface area (Å²) < 4.78 is 84.6. The van der Waals surface area contributed by atoms with Crippen molar-refractivity contribution < 1.29 is 31.4 Å². The van der Waals surface area contributed by atoms with Gasteiger partial charge in [0.05, 0.1) is 36.8 Å². The van der Waals surface area contributed by atoms with Crippen molar-refractivity contribution in [3.05, 3.63) is 58.5 Å². The third-order valence-corrected chi connectivity index (χ3v) is 7.96. The Morgan fingerprint density at radius 2 is 1.89 bits per heavy atom. The molecule has 204 valence electrons. The Kier molecular flexibility index (Phi) is 6.56. The fraction of sp³-hybridized carbons (Fsp3) is 0.519. The molecule has 0 amide bonds. The highest BCUT2D eigenvalue weighted by molar-refractivity contribution is 5.84. The first-order chi connectivity index (χ1) is 18.3. The van der Waals surface area contributed by atoms with Gasteiger partial charge in [-0.05, 0) is 30.5 Å². The SMILES string of the molecule is C[C@@H]1Cc2c(ccc3[nH]nc(F)c23)[C@@H](c2c(F)cc(OCCN3CC(CF)C3)cc2F)N1CC1(F)COC1. The van der Waals surface area contributed by atoms with Crippen LogP contribution < -0.4 is 4.74 Å². The summed E-state index contributed by atoms with van der Waals surface area (Å²) >= 11 is 0. The summed E-state index contributed by atoms with van der Waals surface area (Å²) in [5.41, 5.74) is -0.291. The van der Waals surface area contributed by atoms with Crippen LogP contribution in [0.2, 0.25) is 0 Å². The number of fused-ring (bicyclic) bond motifs is 3. The number of benzene rings is 2. The number of hydrogen-bond acceptors (Lipinski definition) is 5. The first kappa shape index (κ1) is 25.5. The van der Waals surface area contributed by atoms with E-state index in [0.29, 0.717) is 42.7 Å². The van der Waals surface area contributed by atoms with E-state index < -0.39 is 29.3 Å². The Balaban J connectivity index is 1.34. The van der Waals surface area contributed by atoms with E-state index in [0.717, 1.165) is 12.1 Å². The minimum absolute atomic E-state index is 0.0348. The summed E-state index contributed by atoms with van der Waals surface area (Å²) in [4.78, 5) is 3.75. The van der Waals surface area contributed by atoms with Crippen LogP contribution in [-0.2, 0) is 11.2 Å². The Morgan fingerprint density at radius 1 is 1.16 bits per heavy atom. The largest absolute Gasteiger partial charge is 0.492 e. The smallest absolute Gasteiger partial charge is 0.240 e. The molecule has 3 aliphatic rings. The monoisotopic (exact) mass is 536 g/mol. The zero-order valence-electron chi connectivity index (χ0n) is 21.0. The molecule has 0 aliphatic carbocycles. The minimum Gasteiger partial charge on any atom is -0.492 e. The molecule has 2 atom stereocenters. The molecule has 11 heteroatoms. The fourth-order valence-corrected chi connectivity index (χ4v) is 5.95. The summed E-state index contributed by atoms with van der Waals surface area (Å²) in [6, 6.07) is 4.24. The second-order valence-electron chi connectivity index (χ2n) is 10.8. The average molecular weight is 537 g/mol. The third-order valence-electron chi connectivity index (χ3n) is 7.96. The standard InChI is InChI=1S/C27H29F5N4O2/c1-15-6-19-18(2-3-22-23(19)26(31)34-33-22)25(36(15)12-27(32)13-37-14-27)24-20(29)7-17(8-21(24)30)38-5-4-35-10-16(9-28)11-35/h2-3,7-8,15-16,25H,4-6,9-14H2,1H3,(H,33,34)/t15-,25+/m1/s1. The van der Waals surface area contributed by atoms with E-state index in [4.69, 9.17) is 9.47 Å². The van der Waals surface area contributed by atoms with E-state index in [-0.39, 0.29) is 61.7 Å². The van der Waals surface area contributed by atoms with E-state index in [1.54, 1.807) is 17.0 Å². The number of likely N-dealkylation sites (tertiary alicyclic amines) is 1. The van der Waals surface area contributed by atoms with Gasteiger partial charge in [-0.3, -0.25) is 19.3 Å². The first-order valence-corrected chi connectivity index (χ1v) is 12.8. The molecular weight excluding hydrogens is 507 g/mol. The number of halogens is 5. The van der Waals surface area contributed by atoms with Gasteiger partial charge in [-0.25, -0.2) is 13.2 Å². The topological polar surface area (TPSA) is 53.6 Å². The van der Waals surface area contributed by atoms with Gasteiger partial charge in [0, 0.05) is 55.8 Å². The first-order valence-electron chi connectivity index (χ1n) is 12.8. The van der Waals surface area contributed by atoms with Crippen LogP contribution >= 0.6 is 0 Å². The molecule has 6 nitrogen and oxygen atoms in total. The van der Waals surface area contributed by atoms with E-state index >= 15 is 13.2 Å². The number of aromatic nitrogens is 2. The zero-order chi connectivity index (χ0) is 26.6. The number of nitrogens with one attached hydrogen (secondary N) is 1. The molecule has 0 radical (unpaired) electrons. The maximum absolute atomic E-state index is 15.7. The van der Waals surface area contributed by atoms with Crippen LogP contribution in [0.25, 0.3) is 10.9 Å². The van der Waals surface area contributed by atoms with Crippen molar-refractivity contribution in [2.24, 2.45) is 5.92 Å². The molecular formula is C27H29F5N4O2. The highest BCUT2D eigenvalue weighted by Gasteiger charge is 2.46. The lowest BCUT2D eigenvalue weighted by atomic mass is 9.82. The molecule has 6 rings (SSSR count). The molecule has 3 aromatic rings. The Morgan fingerprint density at radius 3 is 2.55 bits per heavy atom. The van der Waals surface area contributed by atoms with Gasteiger partial charge in [-0.15, -0.1) is 5.10 Å². The number of hydrogen-bond donors (Lipinski definition) is 1. The molecule has 38 heavy (non-hydrogen) atoms. The van der Waals surface area contributed by atoms with Gasteiger partial charge in [-0.2, -0.15) is 4.39 Å². The zero-order valence-corrected chi connectivity index (χ0v) is 21.0. The lowest BCUT2D eigenvalue weighted by Crippen LogP contribution is -2.57. The number of rotatable bonds is 8. The maximum atomic E-state index is 15.7. The molecule has 2 saturated heterocycles. The lowest BCUT2D eigenvalue weighted by molar-refractivity contribution is -0.147. The Bertz CT molecular complexity index is 1320. The number of ether oxygens (including phenoxy) is 2. The van der Waals surface area contributed by atoms with Crippen LogP contribution in [-0.4, -0.2) is 84.4 Å². The Labute approximate surface area is 216 Å². The van der Waals surface area contributed by atoms with Crippen molar-refractivity contribution >= 4 is 10.9 Å². The predicted octanol–water partition coefficient (Wildman–Crippen LogP) is 4.33. The normalized spacial score (nSPS) is 23.7. The van der Waals surface area contributed by atoms with Crippen LogP contribution in [0.1, 0.15) is 29.7 Å². The maximum Gasteiger partial charge on any atom is 0.240 e. The lowest BCUT2D eigenvalue weighted by Gasteiger charge is -2.47. The molecule has 1 N–H and O–H groups in total. The molecule has 0 saturated carbocycles. The predicted molar refractivity (Wildman–Crippen MR) is 130 cm³/mol. The fourth-order valence-electron chi connectivity index (χ4n) is 5.95. The van der Waals surface area contributed by atoms with Crippen LogP contribution in [0.4, 0.5) is 22.0 Å². The molecule has 0 unspecified atom stereocenters. The van der Waals surface area contributed by atoms with E-state index in [2.05, 4.69) is 10.2 Å². The number of alkyl halides is 2. The van der Waals surface area contributed by atoms with Crippen molar-refractivity contribution in [1.82, 2.24) is 20.0 Å².